The van der Waals surface area contributed by atoms with Crippen LogP contribution >= 0.6 is 27.3 Å². The van der Waals surface area contributed by atoms with Crippen LogP contribution in [-0.2, 0) is 13.0 Å². The summed E-state index contributed by atoms with van der Waals surface area (Å²) in [5, 5.41) is 2.07. The van der Waals surface area contributed by atoms with Crippen molar-refractivity contribution in [2.24, 2.45) is 5.73 Å². The van der Waals surface area contributed by atoms with Crippen molar-refractivity contribution in [1.29, 1.82) is 0 Å². The van der Waals surface area contributed by atoms with E-state index in [9.17, 15) is 0 Å². The minimum absolute atomic E-state index is 0.210. The second-order valence-corrected chi connectivity index (χ2v) is 6.44. The zero-order valence-corrected chi connectivity index (χ0v) is 12.3. The number of hydrogen-bond donors (Lipinski definition) is 1. The summed E-state index contributed by atoms with van der Waals surface area (Å²) < 4.78 is 6.93. The van der Waals surface area contributed by atoms with Gasteiger partial charge in [-0.05, 0) is 58.1 Å². The van der Waals surface area contributed by atoms with Crippen molar-refractivity contribution in [1.82, 2.24) is 0 Å². The molecule has 0 bridgehead atoms. The Hall–Kier alpha value is -0.840. The molecular weight excluding hydrogens is 310 g/mol. The van der Waals surface area contributed by atoms with E-state index in [4.69, 9.17) is 10.5 Å². The summed E-state index contributed by atoms with van der Waals surface area (Å²) in [5.41, 5.74) is 8.64. The largest absolute Gasteiger partial charge is 0.488 e. The first-order valence-corrected chi connectivity index (χ1v) is 7.64. The van der Waals surface area contributed by atoms with Crippen LogP contribution in [0, 0.1) is 0 Å². The Labute approximate surface area is 119 Å². The van der Waals surface area contributed by atoms with E-state index in [1.165, 1.54) is 16.0 Å². The number of nitrogens with two attached hydrogens (primary N) is 1. The van der Waals surface area contributed by atoms with E-state index >= 15 is 0 Å². The lowest BCUT2D eigenvalue weighted by Gasteiger charge is -2.08. The maximum absolute atomic E-state index is 6.02. The molecule has 94 valence electrons. The Morgan fingerprint density at radius 1 is 1.39 bits per heavy atom. The van der Waals surface area contributed by atoms with Gasteiger partial charge in [0.25, 0.3) is 0 Å². The summed E-state index contributed by atoms with van der Waals surface area (Å²) in [6.45, 7) is 0.626. The topological polar surface area (TPSA) is 35.2 Å². The molecule has 0 amide bonds. The first kappa shape index (κ1) is 12.2. The second kappa shape index (κ2) is 5.03. The van der Waals surface area contributed by atoms with Crippen LogP contribution in [0.15, 0.2) is 34.1 Å². The highest BCUT2D eigenvalue weighted by Gasteiger charge is 2.19. The zero-order valence-electron chi connectivity index (χ0n) is 9.86. The van der Waals surface area contributed by atoms with Crippen LogP contribution in [0.2, 0.25) is 0 Å². The van der Waals surface area contributed by atoms with Crippen LogP contribution in [0.1, 0.15) is 28.5 Å². The summed E-state index contributed by atoms with van der Waals surface area (Å²) in [5.74, 6) is 0.937. The van der Waals surface area contributed by atoms with Crippen LogP contribution in [0.3, 0.4) is 0 Å². The Morgan fingerprint density at radius 2 is 2.28 bits per heavy atom. The molecule has 2 nitrogen and oxygen atoms in total. The molecule has 0 saturated heterocycles. The Kier molecular flexibility index (Phi) is 3.41. The molecule has 1 aromatic heterocycles. The third-order valence-corrected chi connectivity index (χ3v) is 4.91. The van der Waals surface area contributed by atoms with E-state index in [0.29, 0.717) is 6.61 Å². The van der Waals surface area contributed by atoms with E-state index in [-0.39, 0.29) is 6.04 Å². The number of thiophene rings is 1. The number of fused-ring (bicyclic) bond motifs is 1. The van der Waals surface area contributed by atoms with Gasteiger partial charge in [0.15, 0.2) is 0 Å². The number of hydrogen-bond acceptors (Lipinski definition) is 3. The molecular formula is C14H14BrNOS. The molecule has 0 spiro atoms. The van der Waals surface area contributed by atoms with E-state index < -0.39 is 0 Å². The van der Waals surface area contributed by atoms with Gasteiger partial charge in [0.05, 0.1) is 0 Å². The van der Waals surface area contributed by atoms with Gasteiger partial charge in [-0.3, -0.25) is 0 Å². The lowest BCUT2D eigenvalue weighted by atomic mass is 10.1. The summed E-state index contributed by atoms with van der Waals surface area (Å²) in [4.78, 5) is 1.22. The van der Waals surface area contributed by atoms with Crippen molar-refractivity contribution in [3.63, 3.8) is 0 Å². The van der Waals surface area contributed by atoms with Crippen molar-refractivity contribution in [3.8, 4) is 5.75 Å². The summed E-state index contributed by atoms with van der Waals surface area (Å²) in [6.07, 6.45) is 2.12. The molecule has 1 aliphatic carbocycles. The molecule has 0 radical (unpaired) electrons. The molecule has 0 aliphatic heterocycles. The second-order valence-electron chi connectivity index (χ2n) is 4.53. The average molecular weight is 324 g/mol. The molecule has 0 unspecified atom stereocenters. The monoisotopic (exact) mass is 323 g/mol. The number of benzene rings is 1. The van der Waals surface area contributed by atoms with Crippen LogP contribution in [0.4, 0.5) is 0 Å². The molecule has 1 aliphatic rings. The van der Waals surface area contributed by atoms with Gasteiger partial charge in [0.2, 0.25) is 0 Å². The molecule has 0 saturated carbocycles. The minimum Gasteiger partial charge on any atom is -0.488 e. The highest BCUT2D eigenvalue weighted by atomic mass is 79.9. The predicted molar refractivity (Wildman–Crippen MR) is 78.0 cm³/mol. The van der Waals surface area contributed by atoms with Gasteiger partial charge < -0.3 is 10.5 Å². The molecule has 3 rings (SSSR count). The van der Waals surface area contributed by atoms with Crippen molar-refractivity contribution in [2.45, 2.75) is 25.5 Å². The predicted octanol–water partition coefficient (Wildman–Crippen LogP) is 4.04. The summed E-state index contributed by atoms with van der Waals surface area (Å²) >= 11 is 5.15. The van der Waals surface area contributed by atoms with E-state index in [1.54, 1.807) is 11.3 Å². The molecule has 2 aromatic rings. The molecule has 2 N–H and O–H groups in total. The first-order valence-electron chi connectivity index (χ1n) is 5.96. The average Bonchev–Trinajstić information content (AvgIpc) is 2.94. The molecule has 4 heteroatoms. The van der Waals surface area contributed by atoms with Gasteiger partial charge in [0, 0.05) is 20.8 Å². The SMILES string of the molecule is N[C@H]1CCc2cc(OCc3cc(Br)cs3)ccc21. The fourth-order valence-electron chi connectivity index (χ4n) is 2.30. The van der Waals surface area contributed by atoms with Gasteiger partial charge in [-0.15, -0.1) is 11.3 Å². The molecule has 18 heavy (non-hydrogen) atoms. The normalized spacial score (nSPS) is 17.8. The number of aryl methyl sites for hydroxylation is 1. The molecule has 1 aromatic carbocycles. The van der Waals surface area contributed by atoms with Gasteiger partial charge in [-0.25, -0.2) is 0 Å². The summed E-state index contributed by atoms with van der Waals surface area (Å²) in [7, 11) is 0. The van der Waals surface area contributed by atoms with Gasteiger partial charge in [-0.1, -0.05) is 6.07 Å². The van der Waals surface area contributed by atoms with E-state index in [0.717, 1.165) is 23.1 Å². The van der Waals surface area contributed by atoms with Gasteiger partial charge >= 0.3 is 0 Å². The maximum atomic E-state index is 6.02. The third kappa shape index (κ3) is 2.46. The van der Waals surface area contributed by atoms with Crippen molar-refractivity contribution < 1.29 is 4.74 Å². The Morgan fingerprint density at radius 3 is 3.06 bits per heavy atom. The lowest BCUT2D eigenvalue weighted by molar-refractivity contribution is 0.309. The van der Waals surface area contributed by atoms with E-state index in [1.807, 2.05) is 6.07 Å². The van der Waals surface area contributed by atoms with Crippen LogP contribution in [-0.4, -0.2) is 0 Å². The van der Waals surface area contributed by atoms with Crippen molar-refractivity contribution >= 4 is 27.3 Å². The van der Waals surface area contributed by atoms with Crippen LogP contribution < -0.4 is 10.5 Å². The highest BCUT2D eigenvalue weighted by Crippen LogP contribution is 2.32. The van der Waals surface area contributed by atoms with Crippen molar-refractivity contribution in [3.05, 3.63) is 50.1 Å². The number of rotatable bonds is 3. The fraction of sp³-hybridized carbons (Fsp3) is 0.286. The van der Waals surface area contributed by atoms with Gasteiger partial charge in [-0.2, -0.15) is 0 Å². The smallest absolute Gasteiger partial charge is 0.122 e. The number of halogens is 1. The number of ether oxygens (including phenoxy) is 1. The maximum Gasteiger partial charge on any atom is 0.122 e. The lowest BCUT2D eigenvalue weighted by Crippen LogP contribution is -2.04. The molecule has 1 atom stereocenters. The third-order valence-electron chi connectivity index (χ3n) is 3.24. The Balaban J connectivity index is 1.70. The molecule has 1 heterocycles. The highest BCUT2D eigenvalue weighted by molar-refractivity contribution is 9.10. The summed E-state index contributed by atoms with van der Waals surface area (Å²) in [6, 6.07) is 8.56. The van der Waals surface area contributed by atoms with Crippen LogP contribution in [0.25, 0.3) is 0 Å². The van der Waals surface area contributed by atoms with E-state index in [2.05, 4.69) is 39.5 Å². The Bertz CT molecular complexity index is 567. The van der Waals surface area contributed by atoms with Crippen molar-refractivity contribution in [2.75, 3.05) is 0 Å². The zero-order chi connectivity index (χ0) is 12.5. The first-order chi connectivity index (χ1) is 8.72. The fourth-order valence-corrected chi connectivity index (χ4v) is 3.66. The minimum atomic E-state index is 0.210. The van der Waals surface area contributed by atoms with Gasteiger partial charge in [0.1, 0.15) is 12.4 Å². The van der Waals surface area contributed by atoms with Crippen LogP contribution in [0.5, 0.6) is 5.75 Å². The quantitative estimate of drug-likeness (QED) is 0.925. The molecule has 0 fully saturated rings. The standard InChI is InChI=1S/C14H14BrNOS/c15-10-6-12(18-8-10)7-17-11-2-3-13-9(5-11)1-4-14(13)16/h2-3,5-6,8,14H,1,4,7,16H2/t14-/m0/s1.